The van der Waals surface area contributed by atoms with E-state index in [9.17, 15) is 18.0 Å². The van der Waals surface area contributed by atoms with E-state index in [2.05, 4.69) is 18.9 Å². The number of fused-ring (bicyclic) bond motifs is 1. The fraction of sp³-hybridized carbons (Fsp3) is 0.462. The first kappa shape index (κ1) is 23.7. The summed E-state index contributed by atoms with van der Waals surface area (Å²) in [5.74, 6) is -0.112. The zero-order valence-corrected chi connectivity index (χ0v) is 21.0. The van der Waals surface area contributed by atoms with Crippen LogP contribution in [0.1, 0.15) is 88.7 Å². The number of rotatable bonds is 7. The van der Waals surface area contributed by atoms with Crippen molar-refractivity contribution >= 4 is 32.6 Å². The second kappa shape index (κ2) is 8.86. The molecule has 1 aliphatic heterocycles. The number of ether oxygens (including phenoxy) is 1. The first-order valence-electron chi connectivity index (χ1n) is 12.0. The van der Waals surface area contributed by atoms with Crippen molar-refractivity contribution in [2.24, 2.45) is 0 Å². The average Bonchev–Trinajstić information content (AvgIpc) is 3.55. The van der Waals surface area contributed by atoms with Gasteiger partial charge < -0.3 is 4.74 Å². The molecule has 0 amide bonds. The summed E-state index contributed by atoms with van der Waals surface area (Å²) >= 11 is 0. The smallest absolute Gasteiger partial charge is 0.339 e. The Hall–Kier alpha value is -3.07. The van der Waals surface area contributed by atoms with Gasteiger partial charge in [0.1, 0.15) is 0 Å². The van der Waals surface area contributed by atoms with Crippen LogP contribution in [0.5, 0.6) is 0 Å². The molecule has 3 aromatic rings. The summed E-state index contributed by atoms with van der Waals surface area (Å²) in [5.41, 5.74) is 3.82. The molecule has 0 bridgehead atoms. The van der Waals surface area contributed by atoms with Crippen molar-refractivity contribution in [3.05, 3.63) is 58.4 Å². The quantitative estimate of drug-likeness (QED) is 0.358. The molecule has 0 spiro atoms. The van der Waals surface area contributed by atoms with E-state index in [0.29, 0.717) is 40.2 Å². The van der Waals surface area contributed by atoms with Gasteiger partial charge in [-0.05, 0) is 43.7 Å². The molecule has 2 aromatic heterocycles. The zero-order valence-electron chi connectivity index (χ0n) is 20.2. The fourth-order valence-corrected chi connectivity index (χ4v) is 6.34. The molecule has 8 nitrogen and oxygen atoms in total. The SMILES string of the molecule is Cc1nn(C2CCS(=O)(=O)C2)c2nc(C3CC3)cc(C(=O)OCC(=O)c3ccc(C(C)C)cc3)c12. The van der Waals surface area contributed by atoms with Gasteiger partial charge in [-0.25, -0.2) is 22.9 Å². The Kier molecular flexibility index (Phi) is 5.99. The van der Waals surface area contributed by atoms with E-state index in [-0.39, 0.29) is 35.9 Å². The molecule has 0 radical (unpaired) electrons. The maximum absolute atomic E-state index is 13.2. The molecule has 1 atom stereocenters. The lowest BCUT2D eigenvalue weighted by molar-refractivity contribution is 0.0476. The van der Waals surface area contributed by atoms with E-state index >= 15 is 0 Å². The normalized spacial score (nSPS) is 19.4. The second-order valence-electron chi connectivity index (χ2n) is 9.93. The molecule has 3 heterocycles. The van der Waals surface area contributed by atoms with E-state index in [1.807, 2.05) is 12.1 Å². The van der Waals surface area contributed by atoms with E-state index < -0.39 is 15.8 Å². The van der Waals surface area contributed by atoms with Crippen LogP contribution in [0.4, 0.5) is 0 Å². The molecule has 2 aliphatic rings. The van der Waals surface area contributed by atoms with Crippen LogP contribution in [0.25, 0.3) is 11.0 Å². The lowest BCUT2D eigenvalue weighted by Gasteiger charge is -2.12. The predicted molar refractivity (Wildman–Crippen MR) is 132 cm³/mol. The van der Waals surface area contributed by atoms with Crippen LogP contribution in [-0.4, -0.2) is 53.0 Å². The van der Waals surface area contributed by atoms with Crippen molar-refractivity contribution in [1.29, 1.82) is 0 Å². The average molecular weight is 496 g/mol. The number of aryl methyl sites for hydroxylation is 1. The lowest BCUT2D eigenvalue weighted by Crippen LogP contribution is -2.16. The minimum atomic E-state index is -3.11. The number of aromatic nitrogens is 3. The van der Waals surface area contributed by atoms with Gasteiger partial charge in [0.2, 0.25) is 0 Å². The number of pyridine rings is 1. The van der Waals surface area contributed by atoms with Crippen LogP contribution in [0.15, 0.2) is 30.3 Å². The number of sulfone groups is 1. The number of carbonyl (C=O) groups excluding carboxylic acids is 2. The molecular weight excluding hydrogens is 466 g/mol. The van der Waals surface area contributed by atoms with Gasteiger partial charge in [-0.2, -0.15) is 5.10 Å². The van der Waals surface area contributed by atoms with Crippen LogP contribution >= 0.6 is 0 Å². The summed E-state index contributed by atoms with van der Waals surface area (Å²) in [6.45, 7) is 5.58. The highest BCUT2D eigenvalue weighted by Crippen LogP contribution is 2.41. The molecule has 1 aliphatic carbocycles. The molecule has 1 aromatic carbocycles. The maximum Gasteiger partial charge on any atom is 0.339 e. The summed E-state index contributed by atoms with van der Waals surface area (Å²) in [5, 5.41) is 5.13. The molecule has 1 unspecified atom stereocenters. The Morgan fingerprint density at radius 2 is 1.86 bits per heavy atom. The van der Waals surface area contributed by atoms with Crippen LogP contribution in [0.2, 0.25) is 0 Å². The van der Waals surface area contributed by atoms with Gasteiger partial charge in [0.15, 0.2) is 27.9 Å². The first-order valence-corrected chi connectivity index (χ1v) is 13.9. The molecule has 184 valence electrons. The van der Waals surface area contributed by atoms with Crippen molar-refractivity contribution in [3.63, 3.8) is 0 Å². The summed E-state index contributed by atoms with van der Waals surface area (Å²) in [6.07, 6.45) is 2.45. The van der Waals surface area contributed by atoms with Crippen molar-refractivity contribution < 1.29 is 22.7 Å². The number of Topliss-reactive ketones (excluding diaryl/α,β-unsaturated/α-hetero) is 1. The molecule has 0 N–H and O–H groups in total. The van der Waals surface area contributed by atoms with Crippen molar-refractivity contribution in [1.82, 2.24) is 14.8 Å². The topological polar surface area (TPSA) is 108 Å². The third kappa shape index (κ3) is 4.74. The van der Waals surface area contributed by atoms with Gasteiger partial charge in [-0.3, -0.25) is 4.79 Å². The molecule has 5 rings (SSSR count). The Bertz CT molecular complexity index is 1420. The highest BCUT2D eigenvalue weighted by Gasteiger charge is 2.34. The Morgan fingerprint density at radius 1 is 1.14 bits per heavy atom. The number of hydrogen-bond donors (Lipinski definition) is 0. The summed E-state index contributed by atoms with van der Waals surface area (Å²) in [4.78, 5) is 30.6. The van der Waals surface area contributed by atoms with Crippen molar-refractivity contribution in [2.45, 2.75) is 57.9 Å². The second-order valence-corrected chi connectivity index (χ2v) is 12.2. The maximum atomic E-state index is 13.2. The van der Waals surface area contributed by atoms with Gasteiger partial charge >= 0.3 is 5.97 Å². The van der Waals surface area contributed by atoms with Gasteiger partial charge in [-0.1, -0.05) is 38.1 Å². The Balaban J connectivity index is 1.43. The van der Waals surface area contributed by atoms with E-state index in [1.165, 1.54) is 0 Å². The highest BCUT2D eigenvalue weighted by molar-refractivity contribution is 7.91. The summed E-state index contributed by atoms with van der Waals surface area (Å²) in [6, 6.07) is 8.77. The van der Waals surface area contributed by atoms with E-state index in [0.717, 1.165) is 24.1 Å². The molecule has 1 saturated carbocycles. The third-order valence-electron chi connectivity index (χ3n) is 6.86. The van der Waals surface area contributed by atoms with Gasteiger partial charge in [-0.15, -0.1) is 0 Å². The standard InChI is InChI=1S/C26H29N3O5S/c1-15(2)17-4-8-19(9-5-17)23(30)13-34-26(31)21-12-22(18-6-7-18)27-25-24(21)16(3)28-29(25)20-10-11-35(32,33)14-20/h4-5,8-9,12,15,18,20H,6-7,10-11,13-14H2,1-3H3. The minimum Gasteiger partial charge on any atom is -0.454 e. The lowest BCUT2D eigenvalue weighted by atomic mass is 10.0. The fourth-order valence-electron chi connectivity index (χ4n) is 4.65. The summed E-state index contributed by atoms with van der Waals surface area (Å²) < 4.78 is 31.3. The number of ketones is 1. The molecule has 35 heavy (non-hydrogen) atoms. The number of esters is 1. The van der Waals surface area contributed by atoms with Crippen LogP contribution in [-0.2, 0) is 14.6 Å². The highest BCUT2D eigenvalue weighted by atomic mass is 32.2. The summed E-state index contributed by atoms with van der Waals surface area (Å²) in [7, 11) is -3.11. The number of hydrogen-bond acceptors (Lipinski definition) is 7. The zero-order chi connectivity index (χ0) is 24.9. The molecule has 2 fully saturated rings. The number of carbonyl (C=O) groups is 2. The Morgan fingerprint density at radius 3 is 2.46 bits per heavy atom. The van der Waals surface area contributed by atoms with E-state index in [4.69, 9.17) is 9.72 Å². The van der Waals surface area contributed by atoms with Gasteiger partial charge in [0.25, 0.3) is 0 Å². The van der Waals surface area contributed by atoms with Gasteiger partial charge in [0.05, 0.1) is 34.2 Å². The van der Waals surface area contributed by atoms with Crippen LogP contribution in [0.3, 0.4) is 0 Å². The third-order valence-corrected chi connectivity index (χ3v) is 8.61. The minimum absolute atomic E-state index is 0.0163. The van der Waals surface area contributed by atoms with Crippen LogP contribution in [0, 0.1) is 6.92 Å². The van der Waals surface area contributed by atoms with E-state index in [1.54, 1.807) is 29.8 Å². The molecule has 1 saturated heterocycles. The first-order chi connectivity index (χ1) is 16.6. The molecule has 9 heteroatoms. The van der Waals surface area contributed by atoms with Gasteiger partial charge in [0, 0.05) is 17.2 Å². The number of benzene rings is 1. The molecular formula is C26H29N3O5S. The largest absolute Gasteiger partial charge is 0.454 e. The van der Waals surface area contributed by atoms with Crippen molar-refractivity contribution in [3.8, 4) is 0 Å². The predicted octanol–water partition coefficient (Wildman–Crippen LogP) is 4.14. The Labute approximate surface area is 204 Å². The number of nitrogens with zero attached hydrogens (tertiary/aromatic N) is 3. The monoisotopic (exact) mass is 495 g/mol. The van der Waals surface area contributed by atoms with Crippen molar-refractivity contribution in [2.75, 3.05) is 18.1 Å². The van der Waals surface area contributed by atoms with Crippen LogP contribution < -0.4 is 0 Å².